The van der Waals surface area contributed by atoms with Crippen molar-refractivity contribution in [1.82, 2.24) is 0 Å². The molecule has 0 aromatic carbocycles. The smallest absolute Gasteiger partial charge is 0.303 e. The Morgan fingerprint density at radius 1 is 0.625 bits per heavy atom. The molecule has 0 unspecified atom stereocenters. The SMILES string of the molecule is CCCCCCCCCCCC/C=C/CCCCCCCC(=O)O. The van der Waals surface area contributed by atoms with E-state index in [2.05, 4.69) is 19.1 Å². The highest BCUT2D eigenvalue weighted by Crippen LogP contribution is 2.12. The second-order valence-corrected chi connectivity index (χ2v) is 7.14. The fraction of sp³-hybridized carbons (Fsp3) is 0.864. The maximum atomic E-state index is 10.4. The Bertz CT molecular complexity index is 284. The van der Waals surface area contributed by atoms with E-state index in [4.69, 9.17) is 5.11 Å². The molecule has 0 spiro atoms. The molecule has 2 nitrogen and oxygen atoms in total. The molecule has 0 fully saturated rings. The van der Waals surface area contributed by atoms with Crippen molar-refractivity contribution in [2.45, 2.75) is 122 Å². The second-order valence-electron chi connectivity index (χ2n) is 7.14. The van der Waals surface area contributed by atoms with Gasteiger partial charge in [0.25, 0.3) is 0 Å². The van der Waals surface area contributed by atoms with Crippen LogP contribution in [0, 0.1) is 0 Å². The minimum absolute atomic E-state index is 0.332. The topological polar surface area (TPSA) is 37.3 Å². The second kappa shape index (κ2) is 20.3. The van der Waals surface area contributed by atoms with Crippen LogP contribution in [0.5, 0.6) is 0 Å². The minimum Gasteiger partial charge on any atom is -0.481 e. The Morgan fingerprint density at radius 2 is 1.00 bits per heavy atom. The summed E-state index contributed by atoms with van der Waals surface area (Å²) in [7, 11) is 0. The van der Waals surface area contributed by atoms with Crippen molar-refractivity contribution < 1.29 is 9.90 Å². The summed E-state index contributed by atoms with van der Waals surface area (Å²) >= 11 is 0. The first-order valence-corrected chi connectivity index (χ1v) is 10.6. The van der Waals surface area contributed by atoms with E-state index in [1.807, 2.05) is 0 Å². The molecule has 2 heteroatoms. The average Bonchev–Trinajstić information content (AvgIpc) is 2.56. The Hall–Kier alpha value is -0.790. The molecule has 1 N–H and O–H groups in total. The third kappa shape index (κ3) is 21.2. The predicted octanol–water partition coefficient (Wildman–Crippen LogP) is 7.67. The molecule has 0 aliphatic rings. The lowest BCUT2D eigenvalue weighted by Gasteiger charge is -2.01. The van der Waals surface area contributed by atoms with Crippen LogP contribution in [0.1, 0.15) is 122 Å². The van der Waals surface area contributed by atoms with Gasteiger partial charge in [-0.2, -0.15) is 0 Å². The third-order valence-corrected chi connectivity index (χ3v) is 4.65. The Kier molecular flexibility index (Phi) is 19.6. The van der Waals surface area contributed by atoms with E-state index in [0.29, 0.717) is 6.42 Å². The zero-order valence-corrected chi connectivity index (χ0v) is 16.2. The lowest BCUT2D eigenvalue weighted by Crippen LogP contribution is -1.93. The number of hydrogen-bond donors (Lipinski definition) is 1. The summed E-state index contributed by atoms with van der Waals surface area (Å²) in [5.41, 5.74) is 0. The van der Waals surface area contributed by atoms with Crippen LogP contribution in [0.4, 0.5) is 0 Å². The summed E-state index contributed by atoms with van der Waals surface area (Å²) in [6, 6.07) is 0. The summed E-state index contributed by atoms with van der Waals surface area (Å²) < 4.78 is 0. The van der Waals surface area contributed by atoms with Gasteiger partial charge in [-0.3, -0.25) is 4.79 Å². The van der Waals surface area contributed by atoms with Gasteiger partial charge in [0.15, 0.2) is 0 Å². The third-order valence-electron chi connectivity index (χ3n) is 4.65. The van der Waals surface area contributed by atoms with Crippen molar-refractivity contribution in [2.24, 2.45) is 0 Å². The van der Waals surface area contributed by atoms with Gasteiger partial charge in [-0.15, -0.1) is 0 Å². The molecule has 0 atom stereocenters. The monoisotopic (exact) mass is 338 g/mol. The number of aliphatic carboxylic acids is 1. The van der Waals surface area contributed by atoms with Gasteiger partial charge in [0.05, 0.1) is 0 Å². The number of hydrogen-bond acceptors (Lipinski definition) is 1. The highest BCUT2D eigenvalue weighted by molar-refractivity contribution is 5.66. The molecule has 0 saturated heterocycles. The summed E-state index contributed by atoms with van der Waals surface area (Å²) in [6.07, 6.45) is 27.1. The maximum absolute atomic E-state index is 10.4. The number of unbranched alkanes of at least 4 members (excludes halogenated alkanes) is 15. The number of allylic oxidation sites excluding steroid dienone is 2. The van der Waals surface area contributed by atoms with Crippen molar-refractivity contribution in [3.8, 4) is 0 Å². The van der Waals surface area contributed by atoms with E-state index in [9.17, 15) is 4.79 Å². The number of carbonyl (C=O) groups is 1. The molecule has 24 heavy (non-hydrogen) atoms. The van der Waals surface area contributed by atoms with Crippen LogP contribution in [0.2, 0.25) is 0 Å². The van der Waals surface area contributed by atoms with Crippen molar-refractivity contribution in [3.63, 3.8) is 0 Å². The van der Waals surface area contributed by atoms with Crippen LogP contribution in [0.15, 0.2) is 12.2 Å². The molecule has 0 radical (unpaired) electrons. The standard InChI is InChI=1S/C22H42O2/c1-2-3-4-5-6-7-8-9-10-11-12-13-14-15-16-17-18-19-20-21-22(23)24/h13-14H,2-12,15-21H2,1H3,(H,23,24)/b14-13+. The summed E-state index contributed by atoms with van der Waals surface area (Å²) in [5, 5.41) is 8.55. The predicted molar refractivity (Wildman–Crippen MR) is 106 cm³/mol. The van der Waals surface area contributed by atoms with Gasteiger partial charge in [-0.1, -0.05) is 96.1 Å². The fourth-order valence-corrected chi connectivity index (χ4v) is 3.05. The van der Waals surface area contributed by atoms with Gasteiger partial charge in [0, 0.05) is 6.42 Å². The zero-order valence-electron chi connectivity index (χ0n) is 16.2. The van der Waals surface area contributed by atoms with Crippen LogP contribution in [-0.2, 0) is 4.79 Å². The number of rotatable bonds is 19. The lowest BCUT2D eigenvalue weighted by molar-refractivity contribution is -0.137. The first-order chi connectivity index (χ1) is 11.8. The molecule has 0 heterocycles. The molecule has 142 valence electrons. The van der Waals surface area contributed by atoms with E-state index < -0.39 is 5.97 Å². The zero-order chi connectivity index (χ0) is 17.7. The van der Waals surface area contributed by atoms with Crippen LogP contribution in [0.25, 0.3) is 0 Å². The van der Waals surface area contributed by atoms with Gasteiger partial charge >= 0.3 is 5.97 Å². The van der Waals surface area contributed by atoms with E-state index in [0.717, 1.165) is 12.8 Å². The Balaban J connectivity index is 3.07. The largest absolute Gasteiger partial charge is 0.481 e. The molecular formula is C22H42O2. The van der Waals surface area contributed by atoms with Crippen LogP contribution >= 0.6 is 0 Å². The van der Waals surface area contributed by atoms with Crippen LogP contribution in [0.3, 0.4) is 0 Å². The molecule has 0 amide bonds. The number of carboxylic acid groups (broad SMARTS) is 1. The highest BCUT2D eigenvalue weighted by atomic mass is 16.4. The van der Waals surface area contributed by atoms with Crippen molar-refractivity contribution in [3.05, 3.63) is 12.2 Å². The van der Waals surface area contributed by atoms with Crippen molar-refractivity contribution in [1.29, 1.82) is 0 Å². The first-order valence-electron chi connectivity index (χ1n) is 10.6. The molecule has 0 aromatic rings. The minimum atomic E-state index is -0.662. The molecule has 0 bridgehead atoms. The van der Waals surface area contributed by atoms with Gasteiger partial charge in [-0.05, 0) is 32.1 Å². The normalized spacial score (nSPS) is 11.4. The molecular weight excluding hydrogens is 296 g/mol. The quantitative estimate of drug-likeness (QED) is 0.194. The van der Waals surface area contributed by atoms with Gasteiger partial charge in [-0.25, -0.2) is 0 Å². The molecule has 0 aromatic heterocycles. The molecule has 0 aliphatic carbocycles. The van der Waals surface area contributed by atoms with Crippen LogP contribution < -0.4 is 0 Å². The van der Waals surface area contributed by atoms with E-state index in [1.165, 1.54) is 96.3 Å². The average molecular weight is 339 g/mol. The maximum Gasteiger partial charge on any atom is 0.303 e. The highest BCUT2D eigenvalue weighted by Gasteiger charge is 1.96. The van der Waals surface area contributed by atoms with Gasteiger partial charge < -0.3 is 5.11 Å². The Morgan fingerprint density at radius 3 is 1.42 bits per heavy atom. The summed E-state index contributed by atoms with van der Waals surface area (Å²) in [5.74, 6) is -0.662. The summed E-state index contributed by atoms with van der Waals surface area (Å²) in [6.45, 7) is 2.28. The van der Waals surface area contributed by atoms with Crippen molar-refractivity contribution >= 4 is 5.97 Å². The van der Waals surface area contributed by atoms with Crippen LogP contribution in [-0.4, -0.2) is 11.1 Å². The fourth-order valence-electron chi connectivity index (χ4n) is 3.05. The van der Waals surface area contributed by atoms with Gasteiger partial charge in [0.2, 0.25) is 0 Å². The van der Waals surface area contributed by atoms with E-state index in [-0.39, 0.29) is 0 Å². The van der Waals surface area contributed by atoms with E-state index in [1.54, 1.807) is 0 Å². The first kappa shape index (κ1) is 23.2. The van der Waals surface area contributed by atoms with Crippen molar-refractivity contribution in [2.75, 3.05) is 0 Å². The number of carboxylic acids is 1. The summed E-state index contributed by atoms with van der Waals surface area (Å²) in [4.78, 5) is 10.4. The molecule has 0 rings (SSSR count). The molecule has 0 saturated carbocycles. The van der Waals surface area contributed by atoms with Gasteiger partial charge in [0.1, 0.15) is 0 Å². The Labute approximate surface area is 151 Å². The molecule has 0 aliphatic heterocycles. The lowest BCUT2D eigenvalue weighted by atomic mass is 10.1. The van der Waals surface area contributed by atoms with E-state index >= 15 is 0 Å².